The van der Waals surface area contributed by atoms with Gasteiger partial charge in [-0.1, -0.05) is 0 Å². The number of nitro benzene ring substituents is 1. The molecule has 1 saturated heterocycles. The third-order valence-corrected chi connectivity index (χ3v) is 2.91. The number of rotatable bonds is 4. The molecule has 0 aromatic heterocycles. The quantitative estimate of drug-likeness (QED) is 0.656. The van der Waals surface area contributed by atoms with Crippen LogP contribution in [0.4, 0.5) is 11.4 Å². The summed E-state index contributed by atoms with van der Waals surface area (Å²) in [5, 5.41) is 14.1. The first-order chi connectivity index (χ1) is 8.70. The van der Waals surface area contributed by atoms with E-state index >= 15 is 0 Å². The first-order valence-electron chi connectivity index (χ1n) is 5.87. The fourth-order valence-corrected chi connectivity index (χ4v) is 2.01. The summed E-state index contributed by atoms with van der Waals surface area (Å²) in [6, 6.07) is 5.04. The number of methoxy groups -OCH3 is 1. The van der Waals surface area contributed by atoms with Crippen LogP contribution in [-0.2, 0) is 4.74 Å². The Hall–Kier alpha value is -1.82. The Morgan fingerprint density at radius 3 is 3.00 bits per heavy atom. The molecule has 0 spiro atoms. The lowest BCUT2D eigenvalue weighted by Crippen LogP contribution is -2.29. The van der Waals surface area contributed by atoms with E-state index in [2.05, 4.69) is 5.32 Å². The molecule has 1 heterocycles. The summed E-state index contributed by atoms with van der Waals surface area (Å²) < 4.78 is 10.4. The second-order valence-electron chi connectivity index (χ2n) is 4.20. The van der Waals surface area contributed by atoms with Crippen molar-refractivity contribution in [3.8, 4) is 5.75 Å². The largest absolute Gasteiger partial charge is 0.490 e. The average Bonchev–Trinajstić information content (AvgIpc) is 2.39. The fraction of sp³-hybridized carbons (Fsp3) is 0.500. The Labute approximate surface area is 105 Å². The highest BCUT2D eigenvalue weighted by Gasteiger charge is 2.17. The maximum atomic E-state index is 10.8. The SMILES string of the molecule is COc1cc(NC2CCCOC2)ccc1[N+](=O)[O-]. The number of anilines is 1. The van der Waals surface area contributed by atoms with Gasteiger partial charge in [0.2, 0.25) is 0 Å². The van der Waals surface area contributed by atoms with Crippen LogP contribution in [0, 0.1) is 10.1 Å². The zero-order valence-corrected chi connectivity index (χ0v) is 10.2. The molecule has 0 saturated carbocycles. The van der Waals surface area contributed by atoms with E-state index in [1.54, 1.807) is 12.1 Å². The lowest BCUT2D eigenvalue weighted by atomic mass is 10.1. The van der Waals surface area contributed by atoms with Crippen molar-refractivity contribution in [2.45, 2.75) is 18.9 Å². The summed E-state index contributed by atoms with van der Waals surface area (Å²) in [7, 11) is 1.43. The number of nitrogens with one attached hydrogen (secondary N) is 1. The van der Waals surface area contributed by atoms with E-state index in [1.165, 1.54) is 13.2 Å². The summed E-state index contributed by atoms with van der Waals surface area (Å²) in [5.41, 5.74) is 0.788. The minimum Gasteiger partial charge on any atom is -0.490 e. The van der Waals surface area contributed by atoms with Crippen molar-refractivity contribution < 1.29 is 14.4 Å². The van der Waals surface area contributed by atoms with Crippen LogP contribution in [0.5, 0.6) is 5.75 Å². The Kier molecular flexibility index (Phi) is 3.99. The summed E-state index contributed by atoms with van der Waals surface area (Å²) in [4.78, 5) is 10.3. The molecule has 1 aromatic rings. The predicted octanol–water partition coefficient (Wildman–Crippen LogP) is 2.19. The molecule has 1 aromatic carbocycles. The zero-order valence-electron chi connectivity index (χ0n) is 10.2. The molecular weight excluding hydrogens is 236 g/mol. The fourth-order valence-electron chi connectivity index (χ4n) is 2.01. The minimum absolute atomic E-state index is 0.0251. The molecule has 1 N–H and O–H groups in total. The van der Waals surface area contributed by atoms with E-state index in [1.807, 2.05) is 0 Å². The van der Waals surface area contributed by atoms with Crippen LogP contribution in [0.2, 0.25) is 0 Å². The van der Waals surface area contributed by atoms with Gasteiger partial charge < -0.3 is 14.8 Å². The van der Waals surface area contributed by atoms with Crippen molar-refractivity contribution in [2.24, 2.45) is 0 Å². The maximum absolute atomic E-state index is 10.8. The van der Waals surface area contributed by atoms with E-state index in [-0.39, 0.29) is 17.5 Å². The van der Waals surface area contributed by atoms with Crippen molar-refractivity contribution in [3.05, 3.63) is 28.3 Å². The Morgan fingerprint density at radius 2 is 2.39 bits per heavy atom. The number of hydrogen-bond donors (Lipinski definition) is 1. The van der Waals surface area contributed by atoms with Crippen LogP contribution in [-0.4, -0.2) is 31.3 Å². The van der Waals surface area contributed by atoms with Crippen LogP contribution < -0.4 is 10.1 Å². The van der Waals surface area contributed by atoms with Gasteiger partial charge in [-0.25, -0.2) is 0 Å². The molecule has 0 radical (unpaired) electrons. The molecule has 0 aliphatic carbocycles. The number of ether oxygens (including phenoxy) is 2. The molecule has 1 aliphatic rings. The van der Waals surface area contributed by atoms with Crippen LogP contribution in [0.1, 0.15) is 12.8 Å². The zero-order chi connectivity index (χ0) is 13.0. The highest BCUT2D eigenvalue weighted by atomic mass is 16.6. The Balaban J connectivity index is 2.11. The summed E-state index contributed by atoms with van der Waals surface area (Å²) in [5.74, 6) is 0.265. The van der Waals surface area contributed by atoms with Gasteiger partial charge in [0.1, 0.15) is 0 Å². The summed E-state index contributed by atoms with van der Waals surface area (Å²) in [6.07, 6.45) is 2.07. The van der Waals surface area contributed by atoms with Gasteiger partial charge in [-0.15, -0.1) is 0 Å². The molecule has 0 bridgehead atoms. The van der Waals surface area contributed by atoms with Crippen molar-refractivity contribution in [2.75, 3.05) is 25.6 Å². The van der Waals surface area contributed by atoms with E-state index in [4.69, 9.17) is 9.47 Å². The summed E-state index contributed by atoms with van der Waals surface area (Å²) >= 11 is 0. The smallest absolute Gasteiger partial charge is 0.311 e. The number of nitrogens with zero attached hydrogens (tertiary/aromatic N) is 1. The lowest BCUT2D eigenvalue weighted by molar-refractivity contribution is -0.385. The molecule has 1 fully saturated rings. The average molecular weight is 252 g/mol. The van der Waals surface area contributed by atoms with E-state index < -0.39 is 4.92 Å². The molecule has 1 aliphatic heterocycles. The van der Waals surface area contributed by atoms with Gasteiger partial charge >= 0.3 is 5.69 Å². The molecular formula is C12H16N2O4. The van der Waals surface area contributed by atoms with Crippen molar-refractivity contribution in [1.82, 2.24) is 0 Å². The first kappa shape index (κ1) is 12.6. The first-order valence-corrected chi connectivity index (χ1v) is 5.87. The third-order valence-electron chi connectivity index (χ3n) is 2.91. The second kappa shape index (κ2) is 5.68. The van der Waals surface area contributed by atoms with E-state index in [9.17, 15) is 10.1 Å². The summed E-state index contributed by atoms with van der Waals surface area (Å²) in [6.45, 7) is 1.47. The van der Waals surface area contributed by atoms with Gasteiger partial charge in [0, 0.05) is 30.5 Å². The number of hydrogen-bond acceptors (Lipinski definition) is 5. The van der Waals surface area contributed by atoms with Crippen LogP contribution in [0.15, 0.2) is 18.2 Å². The van der Waals surface area contributed by atoms with Gasteiger partial charge in [0.15, 0.2) is 5.75 Å². The highest BCUT2D eigenvalue weighted by molar-refractivity contribution is 5.58. The minimum atomic E-state index is -0.452. The van der Waals surface area contributed by atoms with Crippen molar-refractivity contribution in [3.63, 3.8) is 0 Å². The van der Waals surface area contributed by atoms with E-state index in [0.717, 1.165) is 25.1 Å². The van der Waals surface area contributed by atoms with Crippen molar-refractivity contribution >= 4 is 11.4 Å². The molecule has 1 unspecified atom stereocenters. The molecule has 1 atom stereocenters. The van der Waals surface area contributed by atoms with Crippen LogP contribution >= 0.6 is 0 Å². The predicted molar refractivity (Wildman–Crippen MR) is 67.1 cm³/mol. The lowest BCUT2D eigenvalue weighted by Gasteiger charge is -2.24. The molecule has 98 valence electrons. The molecule has 6 nitrogen and oxygen atoms in total. The maximum Gasteiger partial charge on any atom is 0.311 e. The molecule has 2 rings (SSSR count). The van der Waals surface area contributed by atoms with Gasteiger partial charge in [-0.3, -0.25) is 10.1 Å². The Morgan fingerprint density at radius 1 is 1.56 bits per heavy atom. The third kappa shape index (κ3) is 2.89. The van der Waals surface area contributed by atoms with Gasteiger partial charge in [0.05, 0.1) is 18.6 Å². The highest BCUT2D eigenvalue weighted by Crippen LogP contribution is 2.30. The topological polar surface area (TPSA) is 73.6 Å². The number of nitro groups is 1. The second-order valence-corrected chi connectivity index (χ2v) is 4.20. The van der Waals surface area contributed by atoms with Gasteiger partial charge in [0.25, 0.3) is 0 Å². The molecule has 6 heteroatoms. The molecule has 0 amide bonds. The molecule has 18 heavy (non-hydrogen) atoms. The van der Waals surface area contributed by atoms with E-state index in [0.29, 0.717) is 6.61 Å². The number of benzene rings is 1. The monoisotopic (exact) mass is 252 g/mol. The van der Waals surface area contributed by atoms with Crippen LogP contribution in [0.3, 0.4) is 0 Å². The standard InChI is InChI=1S/C12H16N2O4/c1-17-12-7-9(4-5-11(12)14(15)16)13-10-3-2-6-18-8-10/h4-5,7,10,13H,2-3,6,8H2,1H3. The van der Waals surface area contributed by atoms with Crippen LogP contribution in [0.25, 0.3) is 0 Å². The van der Waals surface area contributed by atoms with Gasteiger partial charge in [-0.2, -0.15) is 0 Å². The normalized spacial score (nSPS) is 19.3. The Bertz CT molecular complexity index is 430. The van der Waals surface area contributed by atoms with Crippen molar-refractivity contribution in [1.29, 1.82) is 0 Å². The van der Waals surface area contributed by atoms with Gasteiger partial charge in [-0.05, 0) is 18.9 Å².